The highest BCUT2D eigenvalue weighted by Gasteiger charge is 2.57. The topological polar surface area (TPSA) is 629 Å². The number of aromatic amines is 3. The number of carboxylic acids is 1. The van der Waals surface area contributed by atoms with Gasteiger partial charge in [0.2, 0.25) is 0 Å². The molecular weight excluding hydrogens is 1760 g/mol. The number of H-pyrrole nitrogens is 3. The first-order chi connectivity index (χ1) is 58.4. The molecule has 5 saturated heterocycles. The van der Waals surface area contributed by atoms with Crippen LogP contribution >= 0.6 is 46.9 Å². The monoisotopic (exact) mass is 1850 g/mol. The quantitative estimate of drug-likeness (QED) is 0.0123. The summed E-state index contributed by atoms with van der Waals surface area (Å²) in [4.78, 5) is 162. The number of hydrogen-bond acceptors (Lipinski definition) is 33. The zero-order valence-electron chi connectivity index (χ0n) is 64.3. The van der Waals surface area contributed by atoms with Crippen LogP contribution in [0.5, 0.6) is 5.75 Å². The van der Waals surface area contributed by atoms with Gasteiger partial charge in [0.15, 0.2) is 37.4 Å². The average molecular weight is 1850 g/mol. The van der Waals surface area contributed by atoms with Gasteiger partial charge in [-0.1, -0.05) is 128 Å². The van der Waals surface area contributed by atoms with Crippen LogP contribution in [0.4, 0.5) is 4.79 Å². The lowest BCUT2D eigenvalue weighted by Crippen LogP contribution is -2.41. The molecular formula is C71H86N6O40P6. The third kappa shape index (κ3) is 27.1. The first-order valence-electron chi connectivity index (χ1n) is 37.9. The molecule has 2 saturated carbocycles. The lowest BCUT2D eigenvalue weighted by Gasteiger charge is -2.28. The molecule has 22 atom stereocenters. The Morgan fingerprint density at radius 2 is 0.837 bits per heavy atom. The van der Waals surface area contributed by atoms with Crippen molar-refractivity contribution in [3.05, 3.63) is 237 Å². The molecule has 7 fully saturated rings. The van der Waals surface area contributed by atoms with Crippen LogP contribution in [0, 0.1) is 5.92 Å². The maximum Gasteiger partial charge on any atom is 0.514 e. The highest BCUT2D eigenvalue weighted by molar-refractivity contribution is 7.62. The number of aromatic nitrogens is 6. The molecule has 0 bridgehead atoms. The summed E-state index contributed by atoms with van der Waals surface area (Å²) in [6.07, 6.45) is -9.05. The van der Waals surface area contributed by atoms with Gasteiger partial charge in [-0.05, 0) is 73.8 Å². The maximum absolute atomic E-state index is 12.6. The minimum atomic E-state index is -5.29. The Bertz CT molecular complexity index is 5440. The van der Waals surface area contributed by atoms with E-state index in [0.29, 0.717) is 50.5 Å². The van der Waals surface area contributed by atoms with Crippen LogP contribution in [0.25, 0.3) is 0 Å². The number of phosphoric ester groups is 6. The zero-order chi connectivity index (χ0) is 88.0. The van der Waals surface area contributed by atoms with Gasteiger partial charge in [0, 0.05) is 49.6 Å². The summed E-state index contributed by atoms with van der Waals surface area (Å²) in [5.41, 5.74) is -2.05. The highest BCUT2D eigenvalue weighted by Crippen LogP contribution is 2.64. The number of benzene rings is 4. The van der Waals surface area contributed by atoms with E-state index < -0.39 is 224 Å². The lowest BCUT2D eigenvalue weighted by molar-refractivity contribution is -0.153. The van der Waals surface area contributed by atoms with Crippen LogP contribution < -0.4 is 38.5 Å². The lowest BCUT2D eigenvalue weighted by atomic mass is 9.87. The standard InChI is InChI=1S/C25H32N2O14P2.C23H24N2O14P2.C23H30N2O12P2/c28-19-11-12-27(25(31)26-19)23-22-21(38-20(39-22)10-9-15-5-2-1-3-6-15)18(37-23)14-36-42(32,33)41-43(34,35)40-17-8-4-7-16(13-17)24(29)30;26-18-11-12-25(22(28)24-18)21-20(38-23(29)36-16-9-5-2-6-10-16)19(27)17(37-21)14-35-41(32,33)39-40(30,31)34-13-15-7-3-1-4-8-15;26-18-11-12-25(23(27)24-18)22-21-20(34-19(35-21)13-15-7-3-1-4-8-15)17(33-22)14-32-38(28,29)37-39(30,31)36-16-9-5-2-6-10-16/h1-3,5-6,11-12,16-18,20-23H,4,7-10,13-14H2,(H,29,30)(H,32,33)(H,34,35)(H,26,28,31);1-12,17,19-21,27H,13-14H2,(H,30,31)(H,32,33)(H,24,26,28);1,3-4,7-8,11-12,16-17,19-22H,2,5-6,9-10,13-14H2,(H,28,29)(H,30,31)(H,24,26,27)/t16?,17?,18-,20?,21?,22+,23-;17-,19?,20+,21-;17-,19?,20?,21+,22-/m111/s1. The first kappa shape index (κ1) is 94.3. The second-order valence-corrected chi connectivity index (χ2v) is 37.5. The van der Waals surface area contributed by atoms with Gasteiger partial charge in [-0.25, -0.2) is 46.6 Å². The van der Waals surface area contributed by atoms with Crippen LogP contribution in [-0.2, 0) is 130 Å². The molecule has 13 unspecified atom stereocenters. The number of aliphatic hydroxyl groups excluding tert-OH is 1. The molecule has 5 aliphatic heterocycles. The summed E-state index contributed by atoms with van der Waals surface area (Å²) in [5.74, 6) is -1.75. The molecule has 670 valence electrons. The van der Waals surface area contributed by atoms with Gasteiger partial charge in [0.05, 0.1) is 44.6 Å². The molecule has 11 N–H and O–H groups in total. The number of aliphatic carboxylic acids is 1. The van der Waals surface area contributed by atoms with Gasteiger partial charge < -0.3 is 82.2 Å². The Labute approximate surface area is 694 Å². The van der Waals surface area contributed by atoms with Crippen LogP contribution in [-0.4, -0.2) is 180 Å². The number of fused-ring (bicyclic) bond motifs is 2. The van der Waals surface area contributed by atoms with Crippen molar-refractivity contribution in [3.63, 3.8) is 0 Å². The summed E-state index contributed by atoms with van der Waals surface area (Å²) in [6, 6.07) is 38.0. The predicted molar refractivity (Wildman–Crippen MR) is 415 cm³/mol. The molecule has 2 aliphatic carbocycles. The average Bonchev–Trinajstić information content (AvgIpc) is 1.61. The largest absolute Gasteiger partial charge is 0.514 e. The van der Waals surface area contributed by atoms with Crippen LogP contribution in [0.2, 0.25) is 0 Å². The molecule has 7 aliphatic rings. The van der Waals surface area contributed by atoms with Gasteiger partial charge >= 0.3 is 76.1 Å². The molecule has 46 nitrogen and oxygen atoms in total. The second-order valence-electron chi connectivity index (χ2n) is 28.5. The van der Waals surface area contributed by atoms with Crippen molar-refractivity contribution in [1.82, 2.24) is 28.7 Å². The fraction of sp³-hybridized carbons (Fsp3) is 0.465. The van der Waals surface area contributed by atoms with E-state index in [1.54, 1.807) is 48.5 Å². The maximum atomic E-state index is 12.6. The van der Waals surface area contributed by atoms with E-state index >= 15 is 0 Å². The summed E-state index contributed by atoms with van der Waals surface area (Å²) in [6.45, 7) is -2.65. The molecule has 4 aromatic carbocycles. The van der Waals surface area contributed by atoms with Gasteiger partial charge in [-0.2, -0.15) is 12.9 Å². The molecule has 7 aromatic rings. The number of rotatable bonds is 33. The van der Waals surface area contributed by atoms with E-state index in [1.165, 1.54) is 24.5 Å². The number of aryl methyl sites for hydroxylation is 1. The molecule has 8 heterocycles. The number of carboxylic acid groups (broad SMARTS) is 1. The molecule has 52 heteroatoms. The Hall–Kier alpha value is -7.88. The summed E-state index contributed by atoms with van der Waals surface area (Å²) >= 11 is 0. The van der Waals surface area contributed by atoms with Crippen LogP contribution in [0.3, 0.4) is 0 Å². The number of para-hydroxylation sites is 1. The SMILES string of the molecule is O=C(O)C1CCCC(OP(=O)(O)OP(=O)(O)OC[C@H]2O[C@@H](n3ccc(=O)[nH]c3=O)[C@H]3OC(CCc4ccccc4)OC23)C1.O=C(Oc1ccccc1)O[C@H]1C(O)[C@@H](COP(=O)(O)OP(=O)(O)OCc2ccccc2)O[C@H]1n1ccc(=O)[nH]c1=O.O=c1ccn([C@@H]2O[C@H](COP(=O)(O)OP(=O)(O)OC3CCCCC3)C3OC(Cc4ccccc4)O[C@@H]32)c(=O)[nH]1. The number of hydrogen-bond donors (Lipinski definition) is 11. The van der Waals surface area contributed by atoms with Crippen LogP contribution in [0.15, 0.2) is 187 Å². The number of aliphatic hydroxyl groups is 1. The molecule has 0 radical (unpaired) electrons. The molecule has 14 rings (SSSR count). The molecule has 0 spiro atoms. The van der Waals surface area contributed by atoms with E-state index in [0.717, 1.165) is 68.5 Å². The van der Waals surface area contributed by atoms with E-state index in [4.69, 9.17) is 69.8 Å². The normalized spacial score (nSPS) is 28.5. The van der Waals surface area contributed by atoms with Crippen molar-refractivity contribution in [1.29, 1.82) is 0 Å². The molecule has 3 aromatic heterocycles. The predicted octanol–water partition coefficient (Wildman–Crippen LogP) is 6.27. The number of carbonyl (C=O) groups is 2. The first-order valence-corrected chi connectivity index (χ1v) is 46.9. The minimum Gasteiger partial charge on any atom is -0.481 e. The number of nitrogens with one attached hydrogen (secondary N) is 3. The zero-order valence-corrected chi connectivity index (χ0v) is 69.7. The van der Waals surface area contributed by atoms with Gasteiger partial charge in [0.25, 0.3) is 16.7 Å². The minimum absolute atomic E-state index is 0.0624. The third-order valence-electron chi connectivity index (χ3n) is 19.6. The van der Waals surface area contributed by atoms with E-state index in [9.17, 15) is 105 Å². The summed E-state index contributed by atoms with van der Waals surface area (Å²) in [7, 11) is -30.7. The van der Waals surface area contributed by atoms with Crippen molar-refractivity contribution >= 4 is 59.1 Å². The number of ether oxygens (including phenoxy) is 9. The fourth-order valence-electron chi connectivity index (χ4n) is 14.1. The fourth-order valence-corrected chi connectivity index (χ4v) is 20.7. The number of nitrogens with zero attached hydrogens (tertiary/aromatic N) is 3. The van der Waals surface area contributed by atoms with Gasteiger partial charge in [-0.3, -0.25) is 75.0 Å². The molecule has 0 amide bonds. The summed E-state index contributed by atoms with van der Waals surface area (Å²) in [5, 5.41) is 20.0. The van der Waals surface area contributed by atoms with Crippen molar-refractivity contribution in [3.8, 4) is 5.75 Å². The van der Waals surface area contributed by atoms with Crippen molar-refractivity contribution < 1.29 is 159 Å². The van der Waals surface area contributed by atoms with Gasteiger partial charge in [0.1, 0.15) is 54.6 Å². The van der Waals surface area contributed by atoms with Crippen molar-refractivity contribution in [2.75, 3.05) is 19.8 Å². The highest BCUT2D eigenvalue weighted by atomic mass is 31.3. The number of carbonyl (C=O) groups excluding carboxylic acids is 1. The Balaban J connectivity index is 0.000000169. The van der Waals surface area contributed by atoms with Gasteiger partial charge in [-0.15, -0.1) is 0 Å². The van der Waals surface area contributed by atoms with Crippen LogP contribution in [0.1, 0.15) is 99.6 Å². The molecule has 123 heavy (non-hydrogen) atoms. The van der Waals surface area contributed by atoms with E-state index in [2.05, 4.69) is 22.9 Å². The Kier molecular flexibility index (Phi) is 32.0. The van der Waals surface area contributed by atoms with E-state index in [-0.39, 0.29) is 18.6 Å². The smallest absolute Gasteiger partial charge is 0.481 e. The Morgan fingerprint density at radius 3 is 1.33 bits per heavy atom. The van der Waals surface area contributed by atoms with E-state index in [1.807, 2.05) is 65.6 Å². The van der Waals surface area contributed by atoms with Crippen molar-refractivity contribution in [2.24, 2.45) is 5.92 Å². The van der Waals surface area contributed by atoms with Crippen molar-refractivity contribution in [2.45, 2.75) is 182 Å². The summed E-state index contributed by atoms with van der Waals surface area (Å²) < 4.78 is 172. The number of phosphoric acid groups is 6. The third-order valence-corrected chi connectivity index (χ3v) is 27.5. The second kappa shape index (κ2) is 41.7. The Morgan fingerprint density at radius 1 is 0.431 bits per heavy atom.